The average Bonchev–Trinajstić information content (AvgIpc) is 2.78. The Bertz CT molecular complexity index is 682. The van der Waals surface area contributed by atoms with E-state index in [0.717, 1.165) is 17.2 Å². The normalized spacial score (nSPS) is 27.1. The second-order valence-corrected chi connectivity index (χ2v) is 5.97. The number of rotatable bonds is 5. The average molecular weight is 359 g/mol. The van der Waals surface area contributed by atoms with Crippen LogP contribution in [0.4, 0.5) is 15.0 Å². The first kappa shape index (κ1) is 19.3. The topological polar surface area (TPSA) is 123 Å². The Hall–Kier alpha value is -2.04. The van der Waals surface area contributed by atoms with Crippen LogP contribution in [0, 0.1) is 5.82 Å². The molecule has 0 spiro atoms. The number of aliphatic hydroxyl groups is 2. The Morgan fingerprint density at radius 2 is 2.20 bits per heavy atom. The van der Waals surface area contributed by atoms with Crippen molar-refractivity contribution in [3.8, 4) is 0 Å². The van der Waals surface area contributed by atoms with Crippen molar-refractivity contribution < 1.29 is 28.9 Å². The molecule has 0 aromatic carbocycles. The molecule has 2 heterocycles. The summed E-state index contributed by atoms with van der Waals surface area (Å²) in [5.41, 5.74) is -0.955. The second-order valence-electron chi connectivity index (χ2n) is 5.97. The Labute approximate surface area is 143 Å². The zero-order chi connectivity index (χ0) is 18.7. The van der Waals surface area contributed by atoms with Gasteiger partial charge in [0.25, 0.3) is 0 Å². The van der Waals surface area contributed by atoms with Gasteiger partial charge in [0.05, 0.1) is 12.3 Å². The van der Waals surface area contributed by atoms with E-state index in [-0.39, 0.29) is 6.10 Å². The molecule has 1 aliphatic heterocycles. The molecule has 140 valence electrons. The minimum Gasteiger partial charge on any atom is -0.446 e. The molecule has 1 aromatic rings. The number of nitrogens with zero attached hydrogens (tertiary/aromatic N) is 2. The summed E-state index contributed by atoms with van der Waals surface area (Å²) in [5, 5.41) is 21.6. The highest BCUT2D eigenvalue weighted by Gasteiger charge is 2.42. The summed E-state index contributed by atoms with van der Waals surface area (Å²) < 4.78 is 25.1. The molecule has 1 aliphatic rings. The van der Waals surface area contributed by atoms with Gasteiger partial charge >= 0.3 is 11.8 Å². The van der Waals surface area contributed by atoms with Crippen LogP contribution in [0.5, 0.6) is 0 Å². The van der Waals surface area contributed by atoms with Gasteiger partial charge in [-0.3, -0.25) is 9.88 Å². The first-order chi connectivity index (χ1) is 11.7. The van der Waals surface area contributed by atoms with Crippen molar-refractivity contribution in [3.63, 3.8) is 0 Å². The Kier molecular flexibility index (Phi) is 6.09. The molecule has 25 heavy (non-hydrogen) atoms. The number of ether oxygens (including phenoxy) is 2. The Morgan fingerprint density at radius 3 is 2.76 bits per heavy atom. The van der Waals surface area contributed by atoms with E-state index < -0.39 is 48.0 Å². The Balaban J connectivity index is 2.15. The lowest BCUT2D eigenvalue weighted by atomic mass is 10.1. The van der Waals surface area contributed by atoms with Crippen molar-refractivity contribution in [2.75, 3.05) is 5.32 Å². The van der Waals surface area contributed by atoms with Crippen molar-refractivity contribution in [1.82, 2.24) is 9.55 Å². The molecule has 0 saturated carbocycles. The van der Waals surface area contributed by atoms with E-state index in [2.05, 4.69) is 10.3 Å². The van der Waals surface area contributed by atoms with Gasteiger partial charge in [-0.2, -0.15) is 4.98 Å². The Morgan fingerprint density at radius 1 is 1.52 bits per heavy atom. The van der Waals surface area contributed by atoms with Gasteiger partial charge in [-0.1, -0.05) is 13.3 Å². The summed E-state index contributed by atoms with van der Waals surface area (Å²) in [6.07, 6.45) is -3.72. The molecule has 1 saturated heterocycles. The molecule has 5 atom stereocenters. The molecule has 0 aliphatic carbocycles. The van der Waals surface area contributed by atoms with E-state index >= 15 is 0 Å². The van der Waals surface area contributed by atoms with Crippen LogP contribution >= 0.6 is 0 Å². The molecule has 1 aromatic heterocycles. The van der Waals surface area contributed by atoms with Crippen molar-refractivity contribution in [3.05, 3.63) is 22.5 Å². The minimum atomic E-state index is -1.41. The van der Waals surface area contributed by atoms with Crippen LogP contribution in [0.15, 0.2) is 11.0 Å². The monoisotopic (exact) mass is 359 g/mol. The highest BCUT2D eigenvalue weighted by Crippen LogP contribution is 2.28. The van der Waals surface area contributed by atoms with Crippen molar-refractivity contribution in [2.24, 2.45) is 0 Å². The first-order valence-electron chi connectivity index (χ1n) is 8.02. The van der Waals surface area contributed by atoms with Gasteiger partial charge in [0, 0.05) is 0 Å². The van der Waals surface area contributed by atoms with Gasteiger partial charge in [0.2, 0.25) is 0 Å². The van der Waals surface area contributed by atoms with E-state index in [1.54, 1.807) is 6.92 Å². The molecule has 0 bridgehead atoms. The van der Waals surface area contributed by atoms with Gasteiger partial charge < -0.3 is 19.7 Å². The number of carbonyl (C=O) groups excluding carboxylic acids is 1. The molecular weight excluding hydrogens is 337 g/mol. The van der Waals surface area contributed by atoms with Crippen molar-refractivity contribution in [1.29, 1.82) is 0 Å². The third-order valence-electron chi connectivity index (χ3n) is 3.88. The SMILES string of the molecule is CCCC(C)OC(=O)Nc1nc(=O)n([C@@H]2O[C@H](C)C(O)C2O)cc1F. The smallest absolute Gasteiger partial charge is 0.413 e. The molecule has 3 unspecified atom stereocenters. The van der Waals surface area contributed by atoms with Gasteiger partial charge in [-0.05, 0) is 20.3 Å². The van der Waals surface area contributed by atoms with Crippen LogP contribution < -0.4 is 11.0 Å². The van der Waals surface area contributed by atoms with Crippen molar-refractivity contribution in [2.45, 2.75) is 64.3 Å². The zero-order valence-electron chi connectivity index (χ0n) is 14.2. The van der Waals surface area contributed by atoms with Gasteiger partial charge in [-0.15, -0.1) is 0 Å². The zero-order valence-corrected chi connectivity index (χ0v) is 14.2. The fourth-order valence-corrected chi connectivity index (χ4v) is 2.55. The highest BCUT2D eigenvalue weighted by atomic mass is 19.1. The summed E-state index contributed by atoms with van der Waals surface area (Å²) in [7, 11) is 0. The van der Waals surface area contributed by atoms with Crippen LogP contribution in [0.1, 0.15) is 39.8 Å². The van der Waals surface area contributed by atoms with Crippen LogP contribution in [0.3, 0.4) is 0 Å². The lowest BCUT2D eigenvalue weighted by molar-refractivity contribution is -0.0355. The predicted octanol–water partition coefficient (Wildman–Crippen LogP) is 0.759. The molecular formula is C15H22FN3O6. The predicted molar refractivity (Wildman–Crippen MR) is 84.5 cm³/mol. The number of amides is 1. The maximum Gasteiger partial charge on any atom is 0.413 e. The lowest BCUT2D eigenvalue weighted by Gasteiger charge is -2.18. The van der Waals surface area contributed by atoms with E-state index in [0.29, 0.717) is 6.42 Å². The third kappa shape index (κ3) is 4.33. The highest BCUT2D eigenvalue weighted by molar-refractivity contribution is 5.83. The number of aliphatic hydroxyl groups excluding tert-OH is 2. The van der Waals surface area contributed by atoms with E-state index in [9.17, 15) is 24.2 Å². The third-order valence-corrected chi connectivity index (χ3v) is 3.88. The summed E-state index contributed by atoms with van der Waals surface area (Å²) in [6.45, 7) is 5.12. The van der Waals surface area contributed by atoms with Crippen LogP contribution in [-0.4, -0.2) is 50.3 Å². The van der Waals surface area contributed by atoms with E-state index in [1.807, 2.05) is 6.92 Å². The molecule has 1 amide bonds. The summed E-state index contributed by atoms with van der Waals surface area (Å²) in [4.78, 5) is 27.2. The number of aromatic nitrogens is 2. The molecule has 9 nitrogen and oxygen atoms in total. The van der Waals surface area contributed by atoms with Crippen LogP contribution in [0.25, 0.3) is 0 Å². The van der Waals surface area contributed by atoms with Crippen LogP contribution in [0.2, 0.25) is 0 Å². The van der Waals surface area contributed by atoms with E-state index in [4.69, 9.17) is 9.47 Å². The maximum atomic E-state index is 14.2. The largest absolute Gasteiger partial charge is 0.446 e. The number of hydrogen-bond acceptors (Lipinski definition) is 7. The number of nitrogens with one attached hydrogen (secondary N) is 1. The standard InChI is InChI=1S/C15H22FN3O6/c1-4-5-7(2)24-15(23)18-12-9(16)6-19(14(22)17-12)13-11(21)10(20)8(3)25-13/h6-8,10-11,13,20-21H,4-5H2,1-3H3,(H,17,18,22,23)/t7?,8-,10?,11?,13-/m1/s1. The summed E-state index contributed by atoms with van der Waals surface area (Å²) >= 11 is 0. The molecule has 3 N–H and O–H groups in total. The first-order valence-corrected chi connectivity index (χ1v) is 8.02. The quantitative estimate of drug-likeness (QED) is 0.709. The van der Waals surface area contributed by atoms with E-state index in [1.165, 1.54) is 6.92 Å². The van der Waals surface area contributed by atoms with Crippen molar-refractivity contribution >= 4 is 11.9 Å². The number of hydrogen-bond donors (Lipinski definition) is 3. The molecule has 1 fully saturated rings. The maximum absolute atomic E-state index is 14.2. The van der Waals surface area contributed by atoms with Crippen LogP contribution in [-0.2, 0) is 9.47 Å². The molecule has 2 rings (SSSR count). The summed E-state index contributed by atoms with van der Waals surface area (Å²) in [6, 6.07) is 0. The fourth-order valence-electron chi connectivity index (χ4n) is 2.55. The number of halogens is 1. The van der Waals surface area contributed by atoms with Gasteiger partial charge in [0.1, 0.15) is 18.3 Å². The summed E-state index contributed by atoms with van der Waals surface area (Å²) in [5.74, 6) is -1.60. The fraction of sp³-hybridized carbons (Fsp3) is 0.667. The lowest BCUT2D eigenvalue weighted by Crippen LogP contribution is -2.36. The number of anilines is 1. The second kappa shape index (κ2) is 7.89. The molecule has 0 radical (unpaired) electrons. The minimum absolute atomic E-state index is 0.363. The number of carbonyl (C=O) groups is 1. The van der Waals surface area contributed by atoms with Gasteiger partial charge in [0.15, 0.2) is 17.9 Å². The molecule has 10 heteroatoms. The van der Waals surface area contributed by atoms with Gasteiger partial charge in [-0.25, -0.2) is 14.0 Å².